The first-order valence-corrected chi connectivity index (χ1v) is 6.21. The van der Waals surface area contributed by atoms with Crippen molar-refractivity contribution >= 4 is 22.2 Å². The summed E-state index contributed by atoms with van der Waals surface area (Å²) >= 11 is -10.3. The molecule has 0 fully saturated rings. The third-order valence-electron chi connectivity index (χ3n) is 1.96. The van der Waals surface area contributed by atoms with Crippen LogP contribution in [0.15, 0.2) is 0 Å². The summed E-state index contributed by atoms with van der Waals surface area (Å²) in [6.07, 6.45) is 0. The first-order chi connectivity index (χ1) is 8.89. The van der Waals surface area contributed by atoms with E-state index < -0.39 is 50.4 Å². The van der Waals surface area contributed by atoms with E-state index in [1.54, 1.807) is 0 Å². The molecule has 0 aromatic heterocycles. The van der Waals surface area contributed by atoms with E-state index >= 15 is 0 Å². The lowest BCUT2D eigenvalue weighted by atomic mass is 10.0. The molecule has 2 atom stereocenters. The molecule has 0 bridgehead atoms. The van der Waals surface area contributed by atoms with Gasteiger partial charge in [0.2, 0.25) is 22.2 Å². The summed E-state index contributed by atoms with van der Waals surface area (Å²) in [5.41, 5.74) is 0. The van der Waals surface area contributed by atoms with Gasteiger partial charge in [0.15, 0.2) is 0 Å². The molecule has 4 nitrogen and oxygen atoms in total. The quantitative estimate of drug-likeness (QED) is 0.549. The fraction of sp³-hybridized carbons (Fsp3) is 1.00. The molecule has 0 heterocycles. The number of alkyl halides is 10. The minimum atomic E-state index is -7.65. The van der Waals surface area contributed by atoms with Crippen molar-refractivity contribution in [1.82, 2.24) is 0 Å². The maximum atomic E-state index is 12.7. The van der Waals surface area contributed by atoms with Crippen molar-refractivity contribution in [2.24, 2.45) is 0 Å². The van der Waals surface area contributed by atoms with Crippen LogP contribution in [0, 0.1) is 0 Å². The normalized spacial score (nSPS) is 18.5. The molecule has 0 aliphatic carbocycles. The van der Waals surface area contributed by atoms with Crippen LogP contribution < -0.4 is 0 Å². The first-order valence-electron chi connectivity index (χ1n) is 4.00. The largest absolute Gasteiger partial charge is 0.413 e. The highest BCUT2D eigenvalue weighted by molar-refractivity contribution is 7.80. The lowest BCUT2D eigenvalue weighted by Gasteiger charge is -2.37. The number of hydrogen-bond acceptors (Lipinski definition) is 2. The highest BCUT2D eigenvalue weighted by atomic mass is 32.2. The highest BCUT2D eigenvalue weighted by Crippen LogP contribution is 2.57. The summed E-state index contributed by atoms with van der Waals surface area (Å²) in [7, 11) is 0. The van der Waals surface area contributed by atoms with Crippen LogP contribution >= 0.6 is 0 Å². The van der Waals surface area contributed by atoms with Crippen LogP contribution in [0.3, 0.4) is 0 Å². The molecule has 0 aromatic carbocycles. The van der Waals surface area contributed by atoms with Gasteiger partial charge in [-0.2, -0.15) is 43.9 Å². The van der Waals surface area contributed by atoms with Crippen LogP contribution in [0.25, 0.3) is 0 Å². The third kappa shape index (κ3) is 2.65. The summed E-state index contributed by atoms with van der Waals surface area (Å²) in [6, 6.07) is 0. The van der Waals surface area contributed by atoms with E-state index in [1.165, 1.54) is 0 Å². The van der Waals surface area contributed by atoms with Gasteiger partial charge in [-0.25, -0.2) is 8.42 Å². The summed E-state index contributed by atoms with van der Waals surface area (Å²) in [6.45, 7) is 0. The zero-order valence-corrected chi connectivity index (χ0v) is 10.4. The highest BCUT2D eigenvalue weighted by Gasteiger charge is 2.89. The monoisotopic (exact) mass is 380 g/mol. The molecule has 0 saturated heterocycles. The van der Waals surface area contributed by atoms with E-state index in [4.69, 9.17) is 9.11 Å². The summed E-state index contributed by atoms with van der Waals surface area (Å²) in [5.74, 6) is -22.6. The van der Waals surface area contributed by atoms with Crippen LogP contribution in [-0.2, 0) is 22.2 Å². The van der Waals surface area contributed by atoms with E-state index in [0.29, 0.717) is 0 Å². The van der Waals surface area contributed by atoms with Crippen molar-refractivity contribution in [2.45, 2.75) is 28.3 Å². The molecule has 16 heteroatoms. The third-order valence-corrected chi connectivity index (χ3v) is 3.35. The minimum absolute atomic E-state index is 5.14. The Morgan fingerprint density at radius 3 is 0.857 bits per heavy atom. The Labute approximate surface area is 113 Å². The second-order valence-electron chi connectivity index (χ2n) is 3.26. The molecule has 0 saturated carbocycles. The second kappa shape index (κ2) is 5.31. The Morgan fingerprint density at radius 1 is 0.524 bits per heavy atom. The molecule has 0 aliphatic heterocycles. The van der Waals surface area contributed by atoms with Gasteiger partial charge in [-0.15, -0.1) is 0 Å². The van der Waals surface area contributed by atoms with Crippen LogP contribution in [0.2, 0.25) is 0 Å². The fourth-order valence-corrected chi connectivity index (χ4v) is 1.48. The summed E-state index contributed by atoms with van der Waals surface area (Å²) in [5, 5.41) is -13.5. The predicted molar refractivity (Wildman–Crippen MR) is 46.3 cm³/mol. The molecule has 2 N–H and O–H groups in total. The SMILES string of the molecule is O=S(O)C(F)(F)C(F)(F)C(F)(F)C(F)(F)C(F)(F)S(=O)O. The molecule has 2 unspecified atom stereocenters. The zero-order chi connectivity index (χ0) is 17.7. The number of hydrogen-bond donors (Lipinski definition) is 2. The van der Waals surface area contributed by atoms with Gasteiger partial charge in [-0.1, -0.05) is 0 Å². The van der Waals surface area contributed by atoms with Gasteiger partial charge >= 0.3 is 28.3 Å². The Balaban J connectivity index is 6.21. The van der Waals surface area contributed by atoms with Gasteiger partial charge in [0.05, 0.1) is 0 Å². The van der Waals surface area contributed by atoms with Crippen LogP contribution in [0.5, 0.6) is 0 Å². The molecular formula is C5H2F10O4S2. The molecule has 0 aromatic rings. The summed E-state index contributed by atoms with van der Waals surface area (Å²) in [4.78, 5) is 0. The molecule has 0 aliphatic rings. The maximum absolute atomic E-state index is 12.7. The van der Waals surface area contributed by atoms with E-state index in [-0.39, 0.29) is 0 Å². The van der Waals surface area contributed by atoms with Gasteiger partial charge in [-0.05, 0) is 0 Å². The van der Waals surface area contributed by atoms with Crippen molar-refractivity contribution in [2.75, 3.05) is 0 Å². The topological polar surface area (TPSA) is 74.6 Å². The lowest BCUT2D eigenvalue weighted by molar-refractivity contribution is -0.375. The Hall–Kier alpha value is -0.480. The summed E-state index contributed by atoms with van der Waals surface area (Å²) < 4.78 is 161. The number of rotatable bonds is 6. The molecule has 0 rings (SSSR count). The van der Waals surface area contributed by atoms with Crippen LogP contribution in [0.1, 0.15) is 0 Å². The van der Waals surface area contributed by atoms with Gasteiger partial charge in [0, 0.05) is 0 Å². The predicted octanol–water partition coefficient (Wildman–Crippen LogP) is 2.52. The van der Waals surface area contributed by atoms with Gasteiger partial charge < -0.3 is 9.11 Å². The Bertz CT molecular complexity index is 422. The van der Waals surface area contributed by atoms with Gasteiger partial charge in [0.1, 0.15) is 0 Å². The van der Waals surface area contributed by atoms with E-state index in [9.17, 15) is 52.3 Å². The average molecular weight is 380 g/mol. The molecule has 0 amide bonds. The lowest BCUT2D eigenvalue weighted by Crippen LogP contribution is -2.68. The van der Waals surface area contributed by atoms with Crippen molar-refractivity contribution < 1.29 is 61.4 Å². The maximum Gasteiger partial charge on any atom is 0.413 e. The number of halogens is 10. The standard InChI is InChI=1S/C5H2F10O4S2/c6-1(7,2(8,9)4(12,13)20(16)17)3(10,11)5(14,15)21(18)19/h(H,16,17)(H,18,19). The van der Waals surface area contributed by atoms with E-state index in [0.717, 1.165) is 0 Å². The molecule has 0 radical (unpaired) electrons. The van der Waals surface area contributed by atoms with Gasteiger partial charge in [-0.3, -0.25) is 0 Å². The van der Waals surface area contributed by atoms with Gasteiger partial charge in [0.25, 0.3) is 0 Å². The van der Waals surface area contributed by atoms with Crippen molar-refractivity contribution in [1.29, 1.82) is 0 Å². The van der Waals surface area contributed by atoms with E-state index in [1.807, 2.05) is 0 Å². The molecular weight excluding hydrogens is 378 g/mol. The second-order valence-corrected chi connectivity index (χ2v) is 5.28. The van der Waals surface area contributed by atoms with Crippen molar-refractivity contribution in [3.8, 4) is 0 Å². The fourth-order valence-electron chi connectivity index (χ4n) is 0.782. The Kier molecular flexibility index (Phi) is 5.19. The molecule has 0 spiro atoms. The minimum Gasteiger partial charge on any atom is -0.301 e. The average Bonchev–Trinajstić information content (AvgIpc) is 2.27. The zero-order valence-electron chi connectivity index (χ0n) is 8.81. The Morgan fingerprint density at radius 2 is 0.714 bits per heavy atom. The molecule has 128 valence electrons. The van der Waals surface area contributed by atoms with Crippen LogP contribution in [-0.4, -0.2) is 45.8 Å². The first kappa shape index (κ1) is 20.5. The smallest absolute Gasteiger partial charge is 0.301 e. The van der Waals surface area contributed by atoms with E-state index in [2.05, 4.69) is 0 Å². The van der Waals surface area contributed by atoms with Crippen molar-refractivity contribution in [3.05, 3.63) is 0 Å². The van der Waals surface area contributed by atoms with Crippen LogP contribution in [0.4, 0.5) is 43.9 Å². The molecule has 21 heavy (non-hydrogen) atoms. The van der Waals surface area contributed by atoms with Crippen molar-refractivity contribution in [3.63, 3.8) is 0 Å².